The van der Waals surface area contributed by atoms with Gasteiger partial charge in [0.25, 0.3) is 0 Å². The molecule has 0 aromatic carbocycles. The highest BCUT2D eigenvalue weighted by molar-refractivity contribution is 5.95. The van der Waals surface area contributed by atoms with E-state index in [1.54, 1.807) is 22.0 Å². The molecular weight excluding hydrogens is 254 g/mol. The van der Waals surface area contributed by atoms with E-state index in [-0.39, 0.29) is 5.91 Å². The number of hydrogen-bond donors (Lipinski definition) is 0. The van der Waals surface area contributed by atoms with Gasteiger partial charge in [0.2, 0.25) is 5.91 Å². The summed E-state index contributed by atoms with van der Waals surface area (Å²) in [6.07, 6.45) is 7.20. The molecule has 20 heavy (non-hydrogen) atoms. The van der Waals surface area contributed by atoms with Crippen molar-refractivity contribution in [2.24, 2.45) is 7.05 Å². The van der Waals surface area contributed by atoms with Crippen LogP contribution in [0.5, 0.6) is 0 Å². The monoisotopic (exact) mass is 271 g/mol. The van der Waals surface area contributed by atoms with Crippen LogP contribution in [0, 0.1) is 0 Å². The second kappa shape index (κ2) is 5.42. The molecule has 0 spiro atoms. The minimum Gasteiger partial charge on any atom is -0.307 e. The van der Waals surface area contributed by atoms with Gasteiger partial charge in [0.1, 0.15) is 0 Å². The average molecular weight is 271 g/mol. The molecule has 0 bridgehead atoms. The van der Waals surface area contributed by atoms with Gasteiger partial charge in [-0.1, -0.05) is 6.07 Å². The van der Waals surface area contributed by atoms with Gasteiger partial charge < -0.3 is 4.90 Å². The lowest BCUT2D eigenvalue weighted by molar-refractivity contribution is -0.121. The molecule has 1 aliphatic heterocycles. The Hall–Kier alpha value is -2.21. The highest BCUT2D eigenvalue weighted by Crippen LogP contribution is 2.16. The Morgan fingerprint density at radius 2 is 2.20 bits per heavy atom. The highest BCUT2D eigenvalue weighted by atomic mass is 16.2. The van der Waals surface area contributed by atoms with Gasteiger partial charge in [-0.3, -0.25) is 19.4 Å². The van der Waals surface area contributed by atoms with E-state index in [1.807, 2.05) is 31.6 Å². The van der Waals surface area contributed by atoms with E-state index in [0.717, 1.165) is 24.3 Å². The molecule has 0 N–H and O–H groups in total. The van der Waals surface area contributed by atoms with Crippen molar-refractivity contribution < 1.29 is 4.79 Å². The first-order valence-electron chi connectivity index (χ1n) is 6.62. The van der Waals surface area contributed by atoms with Gasteiger partial charge in [-0.05, 0) is 11.6 Å². The van der Waals surface area contributed by atoms with Gasteiger partial charge in [0.05, 0.1) is 18.4 Å². The smallest absolute Gasteiger partial charge is 0.241 e. The number of anilines is 1. The molecule has 3 rings (SSSR count). The van der Waals surface area contributed by atoms with E-state index in [1.165, 1.54) is 0 Å². The number of aryl methyl sites for hydroxylation is 1. The van der Waals surface area contributed by atoms with Crippen molar-refractivity contribution in [3.8, 4) is 0 Å². The number of nitrogens with zero attached hydrogens (tertiary/aromatic N) is 5. The van der Waals surface area contributed by atoms with E-state index in [2.05, 4.69) is 15.0 Å². The van der Waals surface area contributed by atoms with E-state index in [4.69, 9.17) is 0 Å². The summed E-state index contributed by atoms with van der Waals surface area (Å²) >= 11 is 0. The fraction of sp³-hybridized carbons (Fsp3) is 0.357. The topological polar surface area (TPSA) is 54.3 Å². The van der Waals surface area contributed by atoms with Crippen LogP contribution in [-0.2, 0) is 18.4 Å². The van der Waals surface area contributed by atoms with Crippen molar-refractivity contribution in [3.05, 3.63) is 42.5 Å². The number of aromatic nitrogens is 3. The number of piperazine rings is 1. The Bertz CT molecular complexity index is 595. The van der Waals surface area contributed by atoms with Gasteiger partial charge in [-0.2, -0.15) is 5.10 Å². The Labute approximate surface area is 117 Å². The lowest BCUT2D eigenvalue weighted by atomic mass is 10.2. The van der Waals surface area contributed by atoms with E-state index in [0.29, 0.717) is 13.1 Å². The maximum atomic E-state index is 12.2. The van der Waals surface area contributed by atoms with Crippen molar-refractivity contribution in [2.45, 2.75) is 6.54 Å². The second-order valence-corrected chi connectivity index (χ2v) is 4.99. The molecule has 1 fully saturated rings. The molecule has 0 unspecified atom stereocenters. The quantitative estimate of drug-likeness (QED) is 0.823. The number of carbonyl (C=O) groups excluding carboxylic acids is 1. The maximum Gasteiger partial charge on any atom is 0.241 e. The van der Waals surface area contributed by atoms with Crippen LogP contribution in [0.2, 0.25) is 0 Å². The van der Waals surface area contributed by atoms with Crippen LogP contribution in [-0.4, -0.2) is 45.2 Å². The van der Waals surface area contributed by atoms with Crippen LogP contribution in [0.25, 0.3) is 0 Å². The fourth-order valence-electron chi connectivity index (χ4n) is 2.43. The van der Waals surface area contributed by atoms with Crippen molar-refractivity contribution in [2.75, 3.05) is 24.5 Å². The molecule has 1 aliphatic rings. The van der Waals surface area contributed by atoms with Gasteiger partial charge in [-0.15, -0.1) is 0 Å². The van der Waals surface area contributed by atoms with Crippen molar-refractivity contribution in [3.63, 3.8) is 0 Å². The Morgan fingerprint density at radius 1 is 1.30 bits per heavy atom. The van der Waals surface area contributed by atoms with E-state index >= 15 is 0 Å². The largest absolute Gasteiger partial charge is 0.307 e. The first-order chi connectivity index (χ1) is 9.72. The fourth-order valence-corrected chi connectivity index (χ4v) is 2.43. The number of amides is 1. The maximum absolute atomic E-state index is 12.2. The highest BCUT2D eigenvalue weighted by Gasteiger charge is 2.25. The van der Waals surface area contributed by atoms with Crippen molar-refractivity contribution in [1.29, 1.82) is 0 Å². The summed E-state index contributed by atoms with van der Waals surface area (Å²) in [6, 6.07) is 3.95. The van der Waals surface area contributed by atoms with Crippen LogP contribution >= 0.6 is 0 Å². The molecule has 2 aromatic heterocycles. The zero-order valence-electron chi connectivity index (χ0n) is 11.4. The van der Waals surface area contributed by atoms with Gasteiger partial charge in [0.15, 0.2) is 0 Å². The number of rotatable bonds is 3. The SMILES string of the molecule is Cn1cc(N2CCN(Cc3cccnc3)CC2=O)cn1. The third kappa shape index (κ3) is 2.70. The van der Waals surface area contributed by atoms with Crippen molar-refractivity contribution >= 4 is 11.6 Å². The Kier molecular flexibility index (Phi) is 3.47. The molecule has 0 radical (unpaired) electrons. The van der Waals surface area contributed by atoms with Crippen molar-refractivity contribution in [1.82, 2.24) is 19.7 Å². The third-order valence-corrected chi connectivity index (χ3v) is 3.43. The molecule has 0 atom stereocenters. The summed E-state index contributed by atoms with van der Waals surface area (Å²) in [5, 5.41) is 4.11. The number of pyridine rings is 1. The predicted molar refractivity (Wildman–Crippen MR) is 75.1 cm³/mol. The minimum atomic E-state index is 0.119. The van der Waals surface area contributed by atoms with E-state index < -0.39 is 0 Å². The van der Waals surface area contributed by atoms with Gasteiger partial charge in [0, 0.05) is 45.3 Å². The molecule has 1 amide bonds. The number of carbonyl (C=O) groups is 1. The third-order valence-electron chi connectivity index (χ3n) is 3.43. The average Bonchev–Trinajstić information content (AvgIpc) is 2.86. The van der Waals surface area contributed by atoms with Gasteiger partial charge >= 0.3 is 0 Å². The summed E-state index contributed by atoms with van der Waals surface area (Å²) in [5.41, 5.74) is 2.01. The summed E-state index contributed by atoms with van der Waals surface area (Å²) in [7, 11) is 1.85. The molecule has 3 heterocycles. The summed E-state index contributed by atoms with van der Waals surface area (Å²) in [5.74, 6) is 0.119. The lowest BCUT2D eigenvalue weighted by Crippen LogP contribution is -2.50. The van der Waals surface area contributed by atoms with E-state index in [9.17, 15) is 4.79 Å². The first-order valence-corrected chi connectivity index (χ1v) is 6.62. The lowest BCUT2D eigenvalue weighted by Gasteiger charge is -2.33. The second-order valence-electron chi connectivity index (χ2n) is 4.99. The molecular formula is C14H17N5O. The Balaban J connectivity index is 1.64. The molecule has 0 saturated carbocycles. The standard InChI is InChI=1S/C14H17N5O/c1-17-10-13(8-16-17)19-6-5-18(11-14(19)20)9-12-3-2-4-15-7-12/h2-4,7-8,10H,5-6,9,11H2,1H3. The molecule has 2 aromatic rings. The number of hydrogen-bond acceptors (Lipinski definition) is 4. The van der Waals surface area contributed by atoms with Crippen LogP contribution in [0.1, 0.15) is 5.56 Å². The Morgan fingerprint density at radius 3 is 2.85 bits per heavy atom. The molecule has 1 saturated heterocycles. The predicted octanol–water partition coefficient (Wildman–Crippen LogP) is 0.664. The van der Waals surface area contributed by atoms with Crippen LogP contribution in [0.15, 0.2) is 36.9 Å². The summed E-state index contributed by atoms with van der Waals surface area (Å²) in [6.45, 7) is 2.75. The van der Waals surface area contributed by atoms with Crippen LogP contribution in [0.4, 0.5) is 5.69 Å². The molecule has 104 valence electrons. The zero-order valence-corrected chi connectivity index (χ0v) is 11.4. The molecule has 6 nitrogen and oxygen atoms in total. The van der Waals surface area contributed by atoms with Gasteiger partial charge in [-0.25, -0.2) is 0 Å². The first kappa shape index (κ1) is 12.8. The molecule has 6 heteroatoms. The van der Waals surface area contributed by atoms with Crippen LogP contribution < -0.4 is 4.90 Å². The normalized spacial score (nSPS) is 16.6. The minimum absolute atomic E-state index is 0.119. The molecule has 0 aliphatic carbocycles. The zero-order chi connectivity index (χ0) is 13.9. The summed E-state index contributed by atoms with van der Waals surface area (Å²) in [4.78, 5) is 20.3. The van der Waals surface area contributed by atoms with Crippen LogP contribution in [0.3, 0.4) is 0 Å². The summed E-state index contributed by atoms with van der Waals surface area (Å²) < 4.78 is 1.71.